The van der Waals surface area contributed by atoms with E-state index in [-0.39, 0.29) is 86.5 Å². The smallest absolute Gasteiger partial charge is 0.253 e. The number of rotatable bonds is 28. The van der Waals surface area contributed by atoms with Crippen molar-refractivity contribution < 1.29 is 51.5 Å². The van der Waals surface area contributed by atoms with E-state index in [0.29, 0.717) is 43.5 Å². The Hall–Kier alpha value is -5.18. The summed E-state index contributed by atoms with van der Waals surface area (Å²) in [5.74, 6) is -4.92. The molecule has 402 valence electrons. The lowest BCUT2D eigenvalue weighted by Gasteiger charge is -2.41. The predicted octanol–water partition coefficient (Wildman–Crippen LogP) is 3.99. The van der Waals surface area contributed by atoms with Crippen molar-refractivity contribution in [2.75, 3.05) is 40.6 Å². The maximum absolute atomic E-state index is 14.5. The van der Waals surface area contributed by atoms with Crippen LogP contribution in [-0.2, 0) is 72.6 Å². The first-order valence-corrected chi connectivity index (χ1v) is 27.7. The largest absolute Gasteiger partial charge is 0.379 e. The Labute approximate surface area is 431 Å². The van der Waals surface area contributed by atoms with Crippen molar-refractivity contribution in [3.05, 3.63) is 59.9 Å². The van der Waals surface area contributed by atoms with Crippen molar-refractivity contribution in [2.24, 2.45) is 35.5 Å². The first-order valence-electron chi connectivity index (χ1n) is 26.1. The molecule has 1 N–H and O–H groups in total. The molecule has 19 nitrogen and oxygen atoms in total. The Kier molecular flexibility index (Phi) is 19.8. The minimum Gasteiger partial charge on any atom is -0.379 e. The maximum atomic E-state index is 14.5. The first-order chi connectivity index (χ1) is 34.7. The Morgan fingerprint density at radius 1 is 0.932 bits per heavy atom. The van der Waals surface area contributed by atoms with Crippen molar-refractivity contribution in [2.45, 2.75) is 155 Å². The zero-order valence-electron chi connectivity index (χ0n) is 44.2. The fourth-order valence-electron chi connectivity index (χ4n) is 11.8. The molecule has 0 radical (unpaired) electrons. The molecule has 2 aromatic rings. The van der Waals surface area contributed by atoms with Crippen LogP contribution in [0.5, 0.6) is 0 Å². The normalized spacial score (nSPS) is 22.9. The molecule has 1 aromatic heterocycles. The molecular formula is C53H78N8O11S. The minimum atomic E-state index is -4.17. The average molecular weight is 1040 g/mol. The number of carbonyl (C=O) groups excluding carboxylic acids is 7. The van der Waals surface area contributed by atoms with Gasteiger partial charge in [-0.25, -0.2) is 8.42 Å². The number of ether oxygens (including phenoxy) is 2. The maximum Gasteiger partial charge on any atom is 0.253 e. The molecule has 2 bridgehead atoms. The topological polar surface area (TPSA) is 228 Å². The zero-order chi connectivity index (χ0) is 53.3. The molecule has 1 unspecified atom stereocenters. The number of hydrogen-bond acceptors (Lipinski definition) is 14. The lowest BCUT2D eigenvalue weighted by Crippen LogP contribution is -2.54. The number of sulfonamides is 1. The number of piperidine rings is 1. The van der Waals surface area contributed by atoms with Gasteiger partial charge in [-0.2, -0.15) is 0 Å². The highest BCUT2D eigenvalue weighted by Gasteiger charge is 2.49. The van der Waals surface area contributed by atoms with Gasteiger partial charge in [0.2, 0.25) is 27.7 Å². The molecule has 73 heavy (non-hydrogen) atoms. The second-order valence-corrected chi connectivity index (χ2v) is 23.1. The van der Waals surface area contributed by atoms with Crippen LogP contribution < -0.4 is 4.72 Å². The van der Waals surface area contributed by atoms with Crippen molar-refractivity contribution in [1.29, 1.82) is 0 Å². The highest BCUT2D eigenvalue weighted by Crippen LogP contribution is 2.43. The van der Waals surface area contributed by atoms with E-state index in [0.717, 1.165) is 29.7 Å². The number of ketones is 2. The van der Waals surface area contributed by atoms with Crippen molar-refractivity contribution in [1.82, 2.24) is 39.3 Å². The molecule has 4 heterocycles. The fraction of sp³-hybridized carbons (Fsp3) is 0.679. The Bertz CT molecular complexity index is 2410. The Balaban J connectivity index is 1.08. The molecule has 2 saturated heterocycles. The molecule has 11 atom stereocenters. The van der Waals surface area contributed by atoms with E-state index in [1.54, 1.807) is 55.1 Å². The van der Waals surface area contributed by atoms with Gasteiger partial charge in [-0.05, 0) is 75.3 Å². The van der Waals surface area contributed by atoms with Crippen LogP contribution >= 0.6 is 0 Å². The Morgan fingerprint density at radius 3 is 2.25 bits per heavy atom. The summed E-state index contributed by atoms with van der Waals surface area (Å²) >= 11 is 0. The first kappa shape index (κ1) is 57.1. The number of hydrogen-bond donors (Lipinski definition) is 1. The standard InChI is InChI=1S/C53H78N8O11S/c1-10-34(4)49(58(7)53(68)41(33(2)3)29-44(63)50-37-19-20-40(27-37)57(50)6)45(71-8)30-48(66)60-24-14-18-42(60)51(72-9)35(5)43(62)28-38(26-36-16-12-11-13-17-36)52(67)55-73(69,70)25-15-23-59-31-39(54-56-59)32-61-46(64)21-22-47(61)65/h11-13,16-17,21-22,31,33-35,37-38,40-42,45,49-51H,10,14-15,18-20,23-30,32H2,1-9H3,(H,55,67)/t34-,35-,37-,38+,40+,41-,42-,45+,49?,50-,51+/m0/s1. The third-order valence-corrected chi connectivity index (χ3v) is 17.5. The molecular weight excluding hydrogens is 957 g/mol. The number of nitrogens with zero attached hydrogens (tertiary/aromatic N) is 7. The van der Waals surface area contributed by atoms with E-state index >= 15 is 0 Å². The van der Waals surface area contributed by atoms with Crippen LogP contribution in [0.15, 0.2) is 48.7 Å². The summed E-state index contributed by atoms with van der Waals surface area (Å²) in [6.07, 6.45) is 7.52. The second-order valence-electron chi connectivity index (χ2n) is 21.2. The van der Waals surface area contributed by atoms with E-state index in [4.69, 9.17) is 9.47 Å². The van der Waals surface area contributed by atoms with Gasteiger partial charge in [0.1, 0.15) is 11.5 Å². The number of aryl methyl sites for hydroxylation is 1. The van der Waals surface area contributed by atoms with E-state index in [2.05, 4.69) is 19.9 Å². The van der Waals surface area contributed by atoms with Gasteiger partial charge in [-0.3, -0.25) is 52.8 Å². The molecule has 20 heteroatoms. The minimum absolute atomic E-state index is 0.0335. The number of amides is 5. The van der Waals surface area contributed by atoms with Gasteiger partial charge >= 0.3 is 0 Å². The van der Waals surface area contributed by atoms with Gasteiger partial charge in [0.05, 0.1) is 55.2 Å². The van der Waals surface area contributed by atoms with Gasteiger partial charge < -0.3 is 19.3 Å². The number of likely N-dealkylation sites (N-methyl/N-ethyl adjacent to an activating group) is 2. The molecule has 0 spiro atoms. The quantitative estimate of drug-likeness (QED) is 0.119. The molecule has 1 aromatic carbocycles. The van der Waals surface area contributed by atoms with Crippen LogP contribution in [0, 0.1) is 35.5 Å². The van der Waals surface area contributed by atoms with Crippen LogP contribution in [0.1, 0.15) is 110 Å². The van der Waals surface area contributed by atoms with Crippen molar-refractivity contribution in [3.63, 3.8) is 0 Å². The van der Waals surface area contributed by atoms with Crippen LogP contribution in [0.25, 0.3) is 0 Å². The van der Waals surface area contributed by atoms with E-state index < -0.39 is 75.5 Å². The number of fused-ring (bicyclic) bond motifs is 2. The van der Waals surface area contributed by atoms with Crippen LogP contribution in [-0.4, -0.2) is 161 Å². The van der Waals surface area contributed by atoms with Crippen LogP contribution in [0.4, 0.5) is 0 Å². The molecule has 3 fully saturated rings. The second kappa shape index (κ2) is 25.4. The van der Waals surface area contributed by atoms with Gasteiger partial charge in [-0.1, -0.05) is 76.6 Å². The molecule has 5 amide bonds. The number of aromatic nitrogens is 3. The summed E-state index contributed by atoms with van der Waals surface area (Å²) < 4.78 is 42.4. The monoisotopic (exact) mass is 1030 g/mol. The number of nitrogens with one attached hydrogen (secondary N) is 1. The van der Waals surface area contributed by atoms with Gasteiger partial charge in [0, 0.05) is 83.1 Å². The summed E-state index contributed by atoms with van der Waals surface area (Å²) in [6.45, 7) is 10.2. The number of imide groups is 1. The average Bonchev–Trinajstić information content (AvgIpc) is 4.23. The third kappa shape index (κ3) is 14.0. The number of carbonyl (C=O) groups is 7. The third-order valence-electron chi connectivity index (χ3n) is 16.1. The molecule has 1 aliphatic carbocycles. The fourth-order valence-corrected chi connectivity index (χ4v) is 12.9. The number of benzene rings is 1. The molecule has 6 rings (SSSR count). The van der Waals surface area contributed by atoms with E-state index in [9.17, 15) is 42.0 Å². The van der Waals surface area contributed by atoms with Crippen LogP contribution in [0.2, 0.25) is 0 Å². The lowest BCUT2D eigenvalue weighted by atomic mass is 9.83. The van der Waals surface area contributed by atoms with E-state index in [1.807, 2.05) is 40.8 Å². The molecule has 4 aliphatic rings. The van der Waals surface area contributed by atoms with Crippen LogP contribution in [0.3, 0.4) is 0 Å². The summed E-state index contributed by atoms with van der Waals surface area (Å²) in [7, 11) is 2.66. The van der Waals surface area contributed by atoms with Crippen molar-refractivity contribution >= 4 is 51.1 Å². The predicted molar refractivity (Wildman–Crippen MR) is 271 cm³/mol. The lowest BCUT2D eigenvalue weighted by molar-refractivity contribution is -0.149. The van der Waals surface area contributed by atoms with Crippen molar-refractivity contribution in [3.8, 4) is 0 Å². The highest BCUT2D eigenvalue weighted by atomic mass is 32.2. The molecule has 1 saturated carbocycles. The summed E-state index contributed by atoms with van der Waals surface area (Å²) in [6, 6.07) is 8.32. The number of likely N-dealkylation sites (tertiary alicyclic amines) is 2. The summed E-state index contributed by atoms with van der Waals surface area (Å²) in [5, 5.41) is 7.95. The van der Waals surface area contributed by atoms with Gasteiger partial charge in [-0.15, -0.1) is 5.10 Å². The summed E-state index contributed by atoms with van der Waals surface area (Å²) in [4.78, 5) is 102. The zero-order valence-corrected chi connectivity index (χ0v) is 45.0. The highest BCUT2D eigenvalue weighted by molar-refractivity contribution is 7.90. The van der Waals surface area contributed by atoms with Gasteiger partial charge in [0.15, 0.2) is 5.78 Å². The SMILES string of the molecule is CC[C@H](C)C([C@@H](CC(=O)N1CCC[C@H]1[C@H](OC)[C@@H](C)C(=O)C[C@@H](Cc1ccccc1)C(=O)NS(=O)(=O)CCCn1cc(CN2C(=O)C=CC2=O)nn1)OC)N(C)C(=O)[C@@H](CC(=O)[C@@H]1[C@H]2CC[C@H](C2)N1C)C(C)C. The van der Waals surface area contributed by atoms with Gasteiger partial charge in [0.25, 0.3) is 11.8 Å². The van der Waals surface area contributed by atoms with E-state index in [1.165, 1.54) is 30.1 Å². The Morgan fingerprint density at radius 2 is 1.63 bits per heavy atom. The summed E-state index contributed by atoms with van der Waals surface area (Å²) in [5.41, 5.74) is 1.08. The molecule has 3 aliphatic heterocycles. The number of Topliss-reactive ketones (excluding diaryl/α,β-unsaturated/α-hetero) is 2. The number of methoxy groups -OCH3 is 2.